The Bertz CT molecular complexity index is 492. The summed E-state index contributed by atoms with van der Waals surface area (Å²) in [6.07, 6.45) is 0.370. The van der Waals surface area contributed by atoms with Gasteiger partial charge in [-0.15, -0.1) is 0 Å². The second kappa shape index (κ2) is 4.97. The first-order valence-electron chi connectivity index (χ1n) is 6.35. The standard InChI is InChI=1S/C13H16N2O4/c14-8-10-3-4-19-13(16)15(10)9-1-2-11-12(7-9)18-6-5-17-11/h1-2,7,10H,3-6,8,14H2. The van der Waals surface area contributed by atoms with Crippen molar-refractivity contribution in [3.63, 3.8) is 0 Å². The van der Waals surface area contributed by atoms with Crippen LogP contribution in [0.5, 0.6) is 11.5 Å². The van der Waals surface area contributed by atoms with Gasteiger partial charge in [0.2, 0.25) is 0 Å². The van der Waals surface area contributed by atoms with Gasteiger partial charge in [-0.2, -0.15) is 0 Å². The monoisotopic (exact) mass is 264 g/mol. The summed E-state index contributed by atoms with van der Waals surface area (Å²) in [7, 11) is 0. The molecule has 1 atom stereocenters. The van der Waals surface area contributed by atoms with E-state index >= 15 is 0 Å². The fourth-order valence-electron chi connectivity index (χ4n) is 2.35. The molecule has 1 unspecified atom stereocenters. The Kier molecular flexibility index (Phi) is 3.16. The highest BCUT2D eigenvalue weighted by Crippen LogP contribution is 2.35. The van der Waals surface area contributed by atoms with Gasteiger partial charge in [-0.3, -0.25) is 4.90 Å². The third-order valence-electron chi connectivity index (χ3n) is 3.31. The molecule has 2 N–H and O–H groups in total. The molecule has 1 saturated heterocycles. The Morgan fingerprint density at radius 3 is 2.74 bits per heavy atom. The molecule has 1 amide bonds. The van der Waals surface area contributed by atoms with Crippen LogP contribution in [0.25, 0.3) is 0 Å². The molecule has 19 heavy (non-hydrogen) atoms. The van der Waals surface area contributed by atoms with Crippen molar-refractivity contribution in [1.29, 1.82) is 0 Å². The summed E-state index contributed by atoms with van der Waals surface area (Å²) >= 11 is 0. The summed E-state index contributed by atoms with van der Waals surface area (Å²) in [6, 6.07) is 5.38. The fourth-order valence-corrected chi connectivity index (χ4v) is 2.35. The number of carbonyl (C=O) groups excluding carboxylic acids is 1. The molecular weight excluding hydrogens is 248 g/mol. The van der Waals surface area contributed by atoms with Crippen LogP contribution < -0.4 is 20.1 Å². The quantitative estimate of drug-likeness (QED) is 0.866. The maximum Gasteiger partial charge on any atom is 0.414 e. The highest BCUT2D eigenvalue weighted by molar-refractivity contribution is 5.89. The number of anilines is 1. The molecule has 102 valence electrons. The van der Waals surface area contributed by atoms with Crippen LogP contribution in [0.3, 0.4) is 0 Å². The number of rotatable bonds is 2. The van der Waals surface area contributed by atoms with Crippen LogP contribution in [0, 0.1) is 0 Å². The first-order chi connectivity index (χ1) is 9.29. The number of cyclic esters (lactones) is 1. The van der Waals surface area contributed by atoms with E-state index in [4.69, 9.17) is 19.9 Å². The number of carbonyl (C=O) groups is 1. The van der Waals surface area contributed by atoms with Gasteiger partial charge in [0.05, 0.1) is 18.3 Å². The van der Waals surface area contributed by atoms with E-state index in [1.54, 1.807) is 17.0 Å². The lowest BCUT2D eigenvalue weighted by Crippen LogP contribution is -2.49. The van der Waals surface area contributed by atoms with Crippen molar-refractivity contribution in [1.82, 2.24) is 0 Å². The van der Waals surface area contributed by atoms with E-state index in [2.05, 4.69) is 0 Å². The maximum atomic E-state index is 11.9. The molecular formula is C13H16N2O4. The molecule has 3 rings (SSSR count). The molecule has 6 nitrogen and oxygen atoms in total. The summed E-state index contributed by atoms with van der Waals surface area (Å²) < 4.78 is 16.1. The molecule has 0 radical (unpaired) electrons. The number of hydrogen-bond acceptors (Lipinski definition) is 5. The van der Waals surface area contributed by atoms with E-state index in [1.807, 2.05) is 6.07 Å². The van der Waals surface area contributed by atoms with Crippen LogP contribution in [0.1, 0.15) is 6.42 Å². The normalized spacial score (nSPS) is 22.1. The second-order valence-corrected chi connectivity index (χ2v) is 4.49. The van der Waals surface area contributed by atoms with E-state index in [0.29, 0.717) is 37.9 Å². The van der Waals surface area contributed by atoms with Gasteiger partial charge in [0, 0.05) is 19.0 Å². The minimum Gasteiger partial charge on any atom is -0.486 e. The summed E-state index contributed by atoms with van der Waals surface area (Å²) in [4.78, 5) is 13.5. The first kappa shape index (κ1) is 12.1. The topological polar surface area (TPSA) is 74.0 Å². The second-order valence-electron chi connectivity index (χ2n) is 4.49. The van der Waals surface area contributed by atoms with Crippen LogP contribution in [0.15, 0.2) is 18.2 Å². The van der Waals surface area contributed by atoms with Crippen LogP contribution in [-0.4, -0.2) is 38.5 Å². The largest absolute Gasteiger partial charge is 0.486 e. The van der Waals surface area contributed by atoms with Crippen LogP contribution in [0.4, 0.5) is 10.5 Å². The van der Waals surface area contributed by atoms with Gasteiger partial charge in [0.1, 0.15) is 13.2 Å². The van der Waals surface area contributed by atoms with Crippen molar-refractivity contribution in [2.24, 2.45) is 5.73 Å². The maximum absolute atomic E-state index is 11.9. The van der Waals surface area contributed by atoms with Crippen molar-refractivity contribution in [3.05, 3.63) is 18.2 Å². The lowest BCUT2D eigenvalue weighted by atomic mass is 10.1. The minimum absolute atomic E-state index is 0.0381. The fraction of sp³-hybridized carbons (Fsp3) is 0.462. The SMILES string of the molecule is NCC1CCOC(=O)N1c1ccc2c(c1)OCCO2. The third kappa shape index (κ3) is 2.19. The Labute approximate surface area is 111 Å². The zero-order chi connectivity index (χ0) is 13.2. The average molecular weight is 264 g/mol. The molecule has 1 aromatic rings. The molecule has 0 spiro atoms. The molecule has 2 aliphatic rings. The van der Waals surface area contributed by atoms with Crippen LogP contribution >= 0.6 is 0 Å². The summed E-state index contributed by atoms with van der Waals surface area (Å²) in [5.41, 5.74) is 6.45. The summed E-state index contributed by atoms with van der Waals surface area (Å²) in [6.45, 7) is 1.88. The molecule has 0 aliphatic carbocycles. The summed E-state index contributed by atoms with van der Waals surface area (Å²) in [5.74, 6) is 1.35. The Hall–Kier alpha value is -1.95. The average Bonchev–Trinajstić information content (AvgIpc) is 2.46. The smallest absolute Gasteiger partial charge is 0.414 e. The van der Waals surface area contributed by atoms with Gasteiger partial charge in [0.25, 0.3) is 0 Å². The predicted molar refractivity (Wildman–Crippen MR) is 68.7 cm³/mol. The van der Waals surface area contributed by atoms with Crippen molar-refractivity contribution in [2.75, 3.05) is 31.3 Å². The predicted octanol–water partition coefficient (Wildman–Crippen LogP) is 1.13. The summed E-state index contributed by atoms with van der Waals surface area (Å²) in [5, 5.41) is 0. The third-order valence-corrected chi connectivity index (χ3v) is 3.31. The van der Waals surface area contributed by atoms with Gasteiger partial charge in [-0.05, 0) is 12.1 Å². The van der Waals surface area contributed by atoms with Crippen LogP contribution in [-0.2, 0) is 4.74 Å². The van der Waals surface area contributed by atoms with E-state index in [9.17, 15) is 4.79 Å². The number of nitrogens with two attached hydrogens (primary N) is 1. The molecule has 0 saturated carbocycles. The Morgan fingerprint density at radius 1 is 1.16 bits per heavy atom. The van der Waals surface area contributed by atoms with Crippen LogP contribution in [0.2, 0.25) is 0 Å². The molecule has 6 heteroatoms. The van der Waals surface area contributed by atoms with E-state index in [0.717, 1.165) is 12.1 Å². The number of amides is 1. The molecule has 2 heterocycles. The highest BCUT2D eigenvalue weighted by Gasteiger charge is 2.30. The number of hydrogen-bond donors (Lipinski definition) is 1. The Balaban J connectivity index is 1.93. The number of ether oxygens (including phenoxy) is 3. The minimum atomic E-state index is -0.363. The number of nitrogens with zero attached hydrogens (tertiary/aromatic N) is 1. The van der Waals surface area contributed by atoms with Gasteiger partial charge in [0.15, 0.2) is 11.5 Å². The highest BCUT2D eigenvalue weighted by atomic mass is 16.6. The molecule has 2 aliphatic heterocycles. The first-order valence-corrected chi connectivity index (χ1v) is 6.35. The number of benzene rings is 1. The van der Waals surface area contributed by atoms with Crippen molar-refractivity contribution < 1.29 is 19.0 Å². The van der Waals surface area contributed by atoms with E-state index in [-0.39, 0.29) is 12.1 Å². The van der Waals surface area contributed by atoms with Gasteiger partial charge in [-0.25, -0.2) is 4.79 Å². The zero-order valence-corrected chi connectivity index (χ0v) is 10.5. The molecule has 0 bridgehead atoms. The van der Waals surface area contributed by atoms with Crippen molar-refractivity contribution in [3.8, 4) is 11.5 Å². The van der Waals surface area contributed by atoms with Crippen molar-refractivity contribution >= 4 is 11.8 Å². The Morgan fingerprint density at radius 2 is 1.95 bits per heavy atom. The van der Waals surface area contributed by atoms with E-state index < -0.39 is 0 Å². The van der Waals surface area contributed by atoms with Gasteiger partial charge < -0.3 is 19.9 Å². The molecule has 1 aromatic carbocycles. The van der Waals surface area contributed by atoms with Crippen molar-refractivity contribution in [2.45, 2.75) is 12.5 Å². The van der Waals surface area contributed by atoms with Gasteiger partial charge in [-0.1, -0.05) is 0 Å². The number of fused-ring (bicyclic) bond motifs is 1. The molecule has 0 aromatic heterocycles. The zero-order valence-electron chi connectivity index (χ0n) is 10.5. The lowest BCUT2D eigenvalue weighted by Gasteiger charge is -2.34. The van der Waals surface area contributed by atoms with E-state index in [1.165, 1.54) is 0 Å². The van der Waals surface area contributed by atoms with Gasteiger partial charge >= 0.3 is 6.09 Å². The molecule has 1 fully saturated rings. The lowest BCUT2D eigenvalue weighted by molar-refractivity contribution is 0.130.